The summed E-state index contributed by atoms with van der Waals surface area (Å²) < 4.78 is 0. The molecule has 0 aromatic heterocycles. The highest BCUT2D eigenvalue weighted by Crippen LogP contribution is 2.20. The van der Waals surface area contributed by atoms with Crippen molar-refractivity contribution in [3.63, 3.8) is 0 Å². The molecule has 8 amide bonds. The summed E-state index contributed by atoms with van der Waals surface area (Å²) >= 11 is 0. The Hall–Kier alpha value is -7.58. The number of aliphatic carboxylic acids is 2. The zero-order chi connectivity index (χ0) is 49.3. The van der Waals surface area contributed by atoms with E-state index in [9.17, 15) is 53.1 Å². The smallest absolute Gasteiger partial charge is 0.326 e. The van der Waals surface area contributed by atoms with E-state index in [-0.39, 0.29) is 70.2 Å². The number of benzene rings is 1. The minimum Gasteiger partial charge on any atom is -0.481 e. The Bertz CT molecular complexity index is 1940. The van der Waals surface area contributed by atoms with Gasteiger partial charge >= 0.3 is 11.9 Å². The molecule has 0 aliphatic carbocycles. The largest absolute Gasteiger partial charge is 0.481 e. The SMILES string of the molecule is C[C@H](NC(=O)CNC(=O)[C@H](Cc1ccccc1)NC(=O)[C@@H]1CCCN1C(=O)[C@H](CCCN=C(N)N)NC(=O)CN)C(=O)N[C@@H](CCCN=C(N)N)C(=O)NCC(=O)N[C@@H](CC(=O)O)C(=O)O. The second-order valence-corrected chi connectivity index (χ2v) is 15.0. The van der Waals surface area contributed by atoms with Gasteiger partial charge in [-0.15, -0.1) is 0 Å². The lowest BCUT2D eigenvalue weighted by Crippen LogP contribution is -2.57. The third-order valence-electron chi connectivity index (χ3n) is 9.73. The van der Waals surface area contributed by atoms with Crippen molar-refractivity contribution < 1.29 is 58.2 Å². The lowest BCUT2D eigenvalue weighted by molar-refractivity contribution is -0.147. The molecule has 0 spiro atoms. The molecule has 1 fully saturated rings. The van der Waals surface area contributed by atoms with Gasteiger partial charge in [-0.2, -0.15) is 0 Å². The number of hydrogen-bond acceptors (Lipinski definition) is 13. The molecule has 0 unspecified atom stereocenters. The van der Waals surface area contributed by atoms with Crippen molar-refractivity contribution in [2.24, 2.45) is 38.7 Å². The first-order valence-electron chi connectivity index (χ1n) is 20.9. The van der Waals surface area contributed by atoms with Crippen molar-refractivity contribution in [3.8, 4) is 0 Å². The van der Waals surface area contributed by atoms with Crippen molar-refractivity contribution in [1.82, 2.24) is 42.1 Å². The molecule has 19 N–H and O–H groups in total. The van der Waals surface area contributed by atoms with Crippen molar-refractivity contribution in [2.75, 3.05) is 39.3 Å². The molecule has 0 bridgehead atoms. The average molecular weight is 932 g/mol. The highest BCUT2D eigenvalue weighted by molar-refractivity contribution is 5.97. The van der Waals surface area contributed by atoms with Crippen LogP contribution in [0.5, 0.6) is 0 Å². The van der Waals surface area contributed by atoms with Gasteiger partial charge in [0, 0.05) is 26.1 Å². The van der Waals surface area contributed by atoms with Gasteiger partial charge in [-0.05, 0) is 51.0 Å². The molecule has 27 heteroatoms. The van der Waals surface area contributed by atoms with E-state index in [1.807, 2.05) is 5.32 Å². The zero-order valence-electron chi connectivity index (χ0n) is 36.5. The Labute approximate surface area is 379 Å². The summed E-state index contributed by atoms with van der Waals surface area (Å²) in [5, 5.41) is 34.9. The summed E-state index contributed by atoms with van der Waals surface area (Å²) in [4.78, 5) is 136. The standard InChI is InChI=1S/C39H61N15O12/c1-21(32(60)52-23(10-5-13-45-38(41)42)33(61)47-20-30(57)51-26(37(65)66)17-31(58)59)49-29(56)19-48-34(62)25(16-22-8-3-2-4-9-22)53-35(63)27-12-7-15-54(27)36(64)24(50-28(55)18-40)11-6-14-46-39(43)44/h2-4,8-9,21,23-27H,5-7,10-20,40H2,1H3,(H,47,61)(H,48,62)(H,49,56)(H,50,55)(H,51,57)(H,52,60)(H,53,63)(H,58,59)(H,65,66)(H4,41,42,45)(H4,43,44,46)/t21-,23-,24-,25-,26-,27-/m0/s1. The molecule has 1 saturated heterocycles. The fourth-order valence-electron chi connectivity index (χ4n) is 6.47. The maximum absolute atomic E-state index is 13.8. The Balaban J connectivity index is 2.12. The molecule has 1 aromatic carbocycles. The minimum atomic E-state index is -1.77. The third-order valence-corrected chi connectivity index (χ3v) is 9.73. The second-order valence-electron chi connectivity index (χ2n) is 15.0. The fourth-order valence-corrected chi connectivity index (χ4v) is 6.47. The quantitative estimate of drug-likeness (QED) is 0.0211. The highest BCUT2D eigenvalue weighted by Gasteiger charge is 2.39. The van der Waals surface area contributed by atoms with Crippen LogP contribution in [-0.2, 0) is 54.4 Å². The molecule has 2 rings (SSSR count). The summed E-state index contributed by atoms with van der Waals surface area (Å²) in [5.74, 6) is -9.67. The van der Waals surface area contributed by atoms with E-state index in [1.165, 1.54) is 11.8 Å². The number of aliphatic imine (C=N–C) groups is 2. The van der Waals surface area contributed by atoms with Crippen molar-refractivity contribution in [3.05, 3.63) is 35.9 Å². The number of nitrogens with one attached hydrogen (secondary N) is 7. The van der Waals surface area contributed by atoms with Crippen LogP contribution in [0.25, 0.3) is 0 Å². The Kier molecular flexibility index (Phi) is 23.4. The average Bonchev–Trinajstić information content (AvgIpc) is 3.76. The van der Waals surface area contributed by atoms with E-state index in [1.54, 1.807) is 30.3 Å². The van der Waals surface area contributed by atoms with Crippen molar-refractivity contribution in [1.29, 1.82) is 0 Å². The number of carbonyl (C=O) groups excluding carboxylic acids is 8. The molecule has 1 heterocycles. The number of nitrogens with two attached hydrogens (primary N) is 5. The number of carbonyl (C=O) groups is 10. The van der Waals surface area contributed by atoms with Gasteiger partial charge in [0.25, 0.3) is 0 Å². The van der Waals surface area contributed by atoms with E-state index in [4.69, 9.17) is 33.8 Å². The predicted molar refractivity (Wildman–Crippen MR) is 235 cm³/mol. The molecule has 6 atom stereocenters. The Morgan fingerprint density at radius 2 is 1.24 bits per heavy atom. The van der Waals surface area contributed by atoms with Crippen LogP contribution in [0.1, 0.15) is 57.4 Å². The van der Waals surface area contributed by atoms with Gasteiger partial charge < -0.3 is 81.0 Å². The number of carboxylic acids is 2. The lowest BCUT2D eigenvalue weighted by Gasteiger charge is -2.30. The topological polar surface area (TPSA) is 453 Å². The minimum absolute atomic E-state index is 0.0176. The van der Waals surface area contributed by atoms with Crippen LogP contribution in [0.3, 0.4) is 0 Å². The maximum Gasteiger partial charge on any atom is 0.326 e. The molecule has 1 aliphatic rings. The zero-order valence-corrected chi connectivity index (χ0v) is 36.5. The van der Waals surface area contributed by atoms with Crippen molar-refractivity contribution >= 4 is 71.1 Å². The molecule has 1 aliphatic heterocycles. The van der Waals surface area contributed by atoms with Crippen LogP contribution in [0.15, 0.2) is 40.3 Å². The summed E-state index contributed by atoms with van der Waals surface area (Å²) in [7, 11) is 0. The molecule has 27 nitrogen and oxygen atoms in total. The molecular formula is C39H61N15O12. The molecular weight excluding hydrogens is 871 g/mol. The summed E-state index contributed by atoms with van der Waals surface area (Å²) in [5.41, 5.74) is 27.6. The number of amides is 8. The van der Waals surface area contributed by atoms with E-state index in [2.05, 4.69) is 41.9 Å². The summed E-state index contributed by atoms with van der Waals surface area (Å²) in [6, 6.07) is 0.950. The second kappa shape index (κ2) is 28.3. The molecule has 364 valence electrons. The third kappa shape index (κ3) is 20.3. The van der Waals surface area contributed by atoms with Crippen LogP contribution in [0, 0.1) is 0 Å². The van der Waals surface area contributed by atoms with Gasteiger partial charge in [0.1, 0.15) is 36.3 Å². The van der Waals surface area contributed by atoms with Gasteiger partial charge in [0.2, 0.25) is 47.3 Å². The van der Waals surface area contributed by atoms with Crippen LogP contribution in [-0.4, -0.2) is 162 Å². The van der Waals surface area contributed by atoms with Gasteiger partial charge in [0.05, 0.1) is 26.1 Å². The number of guanidine groups is 2. The summed E-state index contributed by atoms with van der Waals surface area (Å²) in [6.07, 6.45) is 0.295. The van der Waals surface area contributed by atoms with E-state index >= 15 is 0 Å². The number of likely N-dealkylation sites (tertiary alicyclic amines) is 1. The van der Waals surface area contributed by atoms with Gasteiger partial charge in [-0.3, -0.25) is 53.1 Å². The molecule has 1 aromatic rings. The predicted octanol–water partition coefficient (Wildman–Crippen LogP) is -6.48. The van der Waals surface area contributed by atoms with Crippen molar-refractivity contribution in [2.45, 2.75) is 94.5 Å². The molecule has 0 saturated carbocycles. The lowest BCUT2D eigenvalue weighted by atomic mass is 10.0. The Morgan fingerprint density at radius 3 is 1.79 bits per heavy atom. The van der Waals surface area contributed by atoms with E-state index in [0.29, 0.717) is 18.4 Å². The van der Waals surface area contributed by atoms with Crippen LogP contribution in [0.2, 0.25) is 0 Å². The van der Waals surface area contributed by atoms with Gasteiger partial charge in [-0.25, -0.2) is 4.79 Å². The first-order valence-corrected chi connectivity index (χ1v) is 20.9. The number of nitrogens with zero attached hydrogens (tertiary/aromatic N) is 3. The highest BCUT2D eigenvalue weighted by atomic mass is 16.4. The van der Waals surface area contributed by atoms with E-state index < -0.39 is 115 Å². The fraction of sp³-hybridized carbons (Fsp3) is 0.538. The first-order chi connectivity index (χ1) is 31.2. The maximum atomic E-state index is 13.8. The van der Waals surface area contributed by atoms with Gasteiger partial charge in [-0.1, -0.05) is 30.3 Å². The number of hydrogen-bond donors (Lipinski definition) is 14. The monoisotopic (exact) mass is 931 g/mol. The molecule has 0 radical (unpaired) electrons. The first kappa shape index (κ1) is 54.6. The normalized spacial score (nSPS) is 15.2. The number of rotatable bonds is 28. The Morgan fingerprint density at radius 1 is 0.697 bits per heavy atom. The van der Waals surface area contributed by atoms with Crippen LogP contribution in [0.4, 0.5) is 0 Å². The summed E-state index contributed by atoms with van der Waals surface area (Å²) in [6.45, 7) is -0.125. The van der Waals surface area contributed by atoms with Crippen LogP contribution >= 0.6 is 0 Å². The van der Waals surface area contributed by atoms with Gasteiger partial charge in [0.15, 0.2) is 11.9 Å². The number of carboxylic acid groups (broad SMARTS) is 2. The van der Waals surface area contributed by atoms with E-state index in [0.717, 1.165) is 0 Å². The van der Waals surface area contributed by atoms with Crippen LogP contribution < -0.4 is 65.9 Å². The molecule has 66 heavy (non-hydrogen) atoms.